The Morgan fingerprint density at radius 3 is 2.59 bits per heavy atom. The van der Waals surface area contributed by atoms with Crippen molar-refractivity contribution in [2.45, 2.75) is 38.2 Å². The summed E-state index contributed by atoms with van der Waals surface area (Å²) in [5, 5.41) is 20.8. The molecule has 1 atom stereocenters. The van der Waals surface area contributed by atoms with Crippen molar-refractivity contribution in [1.82, 2.24) is 0 Å². The third-order valence-corrected chi connectivity index (χ3v) is 4.06. The van der Waals surface area contributed by atoms with Gasteiger partial charge in [0.1, 0.15) is 25.0 Å². The van der Waals surface area contributed by atoms with E-state index in [2.05, 4.69) is 0 Å². The van der Waals surface area contributed by atoms with Crippen molar-refractivity contribution in [3.63, 3.8) is 0 Å². The van der Waals surface area contributed by atoms with E-state index in [0.29, 0.717) is 12.3 Å². The summed E-state index contributed by atoms with van der Waals surface area (Å²) < 4.78 is 5.49. The smallest absolute Gasteiger partial charge is 0.273 e. The van der Waals surface area contributed by atoms with E-state index < -0.39 is 11.0 Å². The second-order valence-corrected chi connectivity index (χ2v) is 5.94. The summed E-state index contributed by atoms with van der Waals surface area (Å²) >= 11 is 0. The highest BCUT2D eigenvalue weighted by Gasteiger charge is 2.17. The van der Waals surface area contributed by atoms with E-state index in [1.807, 2.05) is 0 Å². The van der Waals surface area contributed by atoms with Gasteiger partial charge in [-0.2, -0.15) is 0 Å². The van der Waals surface area contributed by atoms with Crippen molar-refractivity contribution in [3.8, 4) is 5.75 Å². The van der Waals surface area contributed by atoms with Crippen LogP contribution in [0.2, 0.25) is 0 Å². The number of benzene rings is 1. The monoisotopic (exact) mass is 309 g/mol. The molecule has 2 rings (SSSR count). The van der Waals surface area contributed by atoms with E-state index >= 15 is 0 Å². The molecule has 0 spiro atoms. The van der Waals surface area contributed by atoms with Gasteiger partial charge in [-0.3, -0.25) is 10.1 Å². The minimum Gasteiger partial charge on any atom is -0.490 e. The summed E-state index contributed by atoms with van der Waals surface area (Å²) in [5.74, 6) is 0.427. The van der Waals surface area contributed by atoms with Crippen molar-refractivity contribution < 1.29 is 19.7 Å². The van der Waals surface area contributed by atoms with Gasteiger partial charge in [-0.1, -0.05) is 12.5 Å². The van der Waals surface area contributed by atoms with Crippen LogP contribution in [0.1, 0.15) is 32.1 Å². The van der Waals surface area contributed by atoms with Crippen molar-refractivity contribution in [1.29, 1.82) is 0 Å². The second kappa shape index (κ2) is 8.70. The molecule has 0 unspecified atom stereocenters. The Bertz CT molecular complexity index is 473. The number of nitro benzene ring substituents is 1. The Morgan fingerprint density at radius 1 is 1.23 bits per heavy atom. The first-order chi connectivity index (χ1) is 10.6. The van der Waals surface area contributed by atoms with Gasteiger partial charge in [0.2, 0.25) is 0 Å². The fourth-order valence-electron chi connectivity index (χ4n) is 2.88. The normalized spacial score (nSPS) is 18.2. The highest BCUT2D eigenvalue weighted by Crippen LogP contribution is 2.19. The Balaban J connectivity index is 1.78. The zero-order valence-electron chi connectivity index (χ0n) is 12.9. The topological polar surface area (TPSA) is 77.0 Å². The highest BCUT2D eigenvalue weighted by molar-refractivity contribution is 5.37. The first-order valence-electron chi connectivity index (χ1n) is 8.04. The maximum atomic E-state index is 10.7. The fraction of sp³-hybridized carbons (Fsp3) is 0.625. The van der Waals surface area contributed by atoms with Crippen molar-refractivity contribution in [2.75, 3.05) is 26.2 Å². The lowest BCUT2D eigenvalue weighted by Crippen LogP contribution is -3.13. The number of nitrogens with zero attached hydrogens (tertiary/aromatic N) is 1. The zero-order valence-corrected chi connectivity index (χ0v) is 12.9. The molecule has 6 nitrogen and oxygen atoms in total. The predicted molar refractivity (Wildman–Crippen MR) is 83.2 cm³/mol. The Kier molecular flexibility index (Phi) is 6.61. The second-order valence-electron chi connectivity index (χ2n) is 5.94. The standard InChI is InChI=1S/C16H24N2O4/c19-15(12-17-9-4-2-1-3-5-10-17)13-22-16-8-6-7-14(11-16)18(20)21/h6-8,11,15,19H,1-5,9-10,12-13H2/p+1/t15-/m0/s1. The molecule has 1 saturated heterocycles. The maximum absolute atomic E-state index is 10.7. The van der Waals surface area contributed by atoms with Crippen LogP contribution in [0.5, 0.6) is 5.75 Å². The molecular formula is C16H25N2O4+. The summed E-state index contributed by atoms with van der Waals surface area (Å²) in [7, 11) is 0. The number of likely N-dealkylation sites (tertiary alicyclic amines) is 1. The van der Waals surface area contributed by atoms with Crippen LogP contribution in [0.3, 0.4) is 0 Å². The number of ether oxygens (including phenoxy) is 1. The van der Waals surface area contributed by atoms with Crippen LogP contribution in [0, 0.1) is 10.1 Å². The molecule has 0 radical (unpaired) electrons. The molecule has 0 saturated carbocycles. The van der Waals surface area contributed by atoms with Crippen molar-refractivity contribution in [2.24, 2.45) is 0 Å². The molecule has 0 aromatic heterocycles. The van der Waals surface area contributed by atoms with Gasteiger partial charge in [0.25, 0.3) is 5.69 Å². The van der Waals surface area contributed by atoms with E-state index in [9.17, 15) is 15.2 Å². The highest BCUT2D eigenvalue weighted by atomic mass is 16.6. The molecule has 0 amide bonds. The number of hydrogen-bond acceptors (Lipinski definition) is 4. The van der Waals surface area contributed by atoms with Gasteiger partial charge in [0, 0.05) is 6.07 Å². The summed E-state index contributed by atoms with van der Waals surface area (Å²) in [6.45, 7) is 3.06. The molecule has 1 aliphatic rings. The lowest BCUT2D eigenvalue weighted by Gasteiger charge is -2.24. The van der Waals surface area contributed by atoms with Crippen LogP contribution < -0.4 is 9.64 Å². The largest absolute Gasteiger partial charge is 0.490 e. The van der Waals surface area contributed by atoms with Gasteiger partial charge in [-0.25, -0.2) is 0 Å². The summed E-state index contributed by atoms with van der Waals surface area (Å²) in [6, 6.07) is 6.06. The minimum atomic E-state index is -0.548. The van der Waals surface area contributed by atoms with Crippen LogP contribution in [0.4, 0.5) is 5.69 Å². The van der Waals surface area contributed by atoms with Crippen LogP contribution in [-0.4, -0.2) is 42.4 Å². The molecule has 0 bridgehead atoms. The molecule has 1 aromatic rings. The van der Waals surface area contributed by atoms with Crippen molar-refractivity contribution >= 4 is 5.69 Å². The van der Waals surface area contributed by atoms with Gasteiger partial charge >= 0.3 is 0 Å². The molecule has 0 aliphatic carbocycles. The van der Waals surface area contributed by atoms with E-state index in [1.54, 1.807) is 12.1 Å². The number of nitro groups is 1. The van der Waals surface area contributed by atoms with Crippen LogP contribution in [0.15, 0.2) is 24.3 Å². The van der Waals surface area contributed by atoms with Crippen LogP contribution in [0.25, 0.3) is 0 Å². The van der Waals surface area contributed by atoms with Crippen LogP contribution in [-0.2, 0) is 0 Å². The first kappa shape index (κ1) is 16.7. The Labute approximate surface area is 130 Å². The molecule has 122 valence electrons. The number of non-ortho nitro benzene ring substituents is 1. The quantitative estimate of drug-likeness (QED) is 0.611. The molecule has 2 N–H and O–H groups in total. The van der Waals surface area contributed by atoms with Crippen molar-refractivity contribution in [3.05, 3.63) is 34.4 Å². The summed E-state index contributed by atoms with van der Waals surface area (Å²) in [5.41, 5.74) is 0.00128. The average Bonchev–Trinajstić information content (AvgIpc) is 2.48. The molecule has 1 heterocycles. The molecule has 1 aromatic carbocycles. The number of rotatable bonds is 6. The van der Waals surface area contributed by atoms with Gasteiger partial charge in [-0.15, -0.1) is 0 Å². The number of aliphatic hydroxyl groups excluding tert-OH is 1. The summed E-state index contributed by atoms with van der Waals surface area (Å²) in [4.78, 5) is 11.7. The van der Waals surface area contributed by atoms with E-state index in [0.717, 1.165) is 13.1 Å². The first-order valence-corrected chi connectivity index (χ1v) is 8.04. The van der Waals surface area contributed by atoms with E-state index in [4.69, 9.17) is 4.74 Å². The van der Waals surface area contributed by atoms with Gasteiger partial charge in [0.05, 0.1) is 24.1 Å². The van der Waals surface area contributed by atoms with E-state index in [1.165, 1.54) is 49.1 Å². The Hall–Kier alpha value is -1.66. The lowest BCUT2D eigenvalue weighted by molar-refractivity contribution is -0.904. The molecule has 6 heteroatoms. The molecule has 22 heavy (non-hydrogen) atoms. The number of aliphatic hydroxyl groups is 1. The maximum Gasteiger partial charge on any atom is 0.273 e. The fourth-order valence-corrected chi connectivity index (χ4v) is 2.88. The lowest BCUT2D eigenvalue weighted by atomic mass is 10.1. The SMILES string of the molecule is O=[N+]([O-])c1cccc(OC[C@@H](O)C[NH+]2CCCCCCC2)c1. The summed E-state index contributed by atoms with van der Waals surface area (Å²) in [6.07, 6.45) is 5.77. The number of hydrogen-bond donors (Lipinski definition) is 2. The molecule has 1 fully saturated rings. The van der Waals surface area contributed by atoms with Crippen LogP contribution >= 0.6 is 0 Å². The third-order valence-electron chi connectivity index (χ3n) is 4.06. The number of nitrogens with one attached hydrogen (secondary N) is 1. The zero-order chi connectivity index (χ0) is 15.8. The predicted octanol–water partition coefficient (Wildman–Crippen LogP) is 1.18. The minimum absolute atomic E-state index is 0.00128. The number of quaternary nitrogens is 1. The molecular weight excluding hydrogens is 284 g/mol. The van der Waals surface area contributed by atoms with Gasteiger partial charge in [-0.05, 0) is 31.7 Å². The van der Waals surface area contributed by atoms with E-state index in [-0.39, 0.29) is 12.3 Å². The average molecular weight is 309 g/mol. The van der Waals surface area contributed by atoms with Gasteiger partial charge < -0.3 is 14.7 Å². The van der Waals surface area contributed by atoms with Gasteiger partial charge in [0.15, 0.2) is 0 Å². The Morgan fingerprint density at radius 2 is 1.91 bits per heavy atom. The third kappa shape index (κ3) is 5.61. The molecule has 1 aliphatic heterocycles.